The predicted octanol–water partition coefficient (Wildman–Crippen LogP) is 3.84. The van der Waals surface area contributed by atoms with Crippen LogP contribution < -0.4 is 0 Å². The number of hydrogen-bond acceptors (Lipinski definition) is 4. The van der Waals surface area contributed by atoms with Crippen LogP contribution in [-0.2, 0) is 24.9 Å². The SMILES string of the molecule is CCn1ccnc1CN1CCCC2(CCc3cnc(-c4ccccc4)nc32)C1. The van der Waals surface area contributed by atoms with Crippen LogP contribution in [0.1, 0.15) is 43.3 Å². The van der Waals surface area contributed by atoms with Gasteiger partial charge in [0.25, 0.3) is 0 Å². The minimum absolute atomic E-state index is 0.170. The van der Waals surface area contributed by atoms with Gasteiger partial charge in [0.05, 0.1) is 12.2 Å². The summed E-state index contributed by atoms with van der Waals surface area (Å²) < 4.78 is 2.25. The van der Waals surface area contributed by atoms with Crippen LogP contribution in [0.25, 0.3) is 11.4 Å². The largest absolute Gasteiger partial charge is 0.334 e. The highest BCUT2D eigenvalue weighted by molar-refractivity contribution is 5.55. The number of aryl methyl sites for hydroxylation is 2. The van der Waals surface area contributed by atoms with Gasteiger partial charge >= 0.3 is 0 Å². The van der Waals surface area contributed by atoms with E-state index in [9.17, 15) is 0 Å². The van der Waals surface area contributed by atoms with E-state index in [2.05, 4.69) is 63.0 Å². The lowest BCUT2D eigenvalue weighted by Crippen LogP contribution is -2.45. The van der Waals surface area contributed by atoms with Gasteiger partial charge in [0.2, 0.25) is 0 Å². The molecule has 1 atom stereocenters. The zero-order valence-electron chi connectivity index (χ0n) is 16.5. The van der Waals surface area contributed by atoms with Gasteiger partial charge in [0.15, 0.2) is 5.82 Å². The van der Waals surface area contributed by atoms with Crippen molar-refractivity contribution in [1.82, 2.24) is 24.4 Å². The molecule has 1 unspecified atom stereocenters. The van der Waals surface area contributed by atoms with Gasteiger partial charge in [-0.3, -0.25) is 4.90 Å². The monoisotopic (exact) mass is 373 g/mol. The van der Waals surface area contributed by atoms with Crippen molar-refractivity contribution in [2.45, 2.75) is 51.1 Å². The number of fused-ring (bicyclic) bond motifs is 2. The molecule has 2 aliphatic rings. The normalized spacial score (nSPS) is 21.9. The van der Waals surface area contributed by atoms with E-state index in [-0.39, 0.29) is 5.41 Å². The summed E-state index contributed by atoms with van der Waals surface area (Å²) >= 11 is 0. The Hall–Kier alpha value is -2.53. The molecular weight excluding hydrogens is 346 g/mol. The third-order valence-electron chi connectivity index (χ3n) is 6.44. The first kappa shape index (κ1) is 17.6. The van der Waals surface area contributed by atoms with Crippen molar-refractivity contribution in [1.29, 1.82) is 0 Å². The van der Waals surface area contributed by atoms with Gasteiger partial charge < -0.3 is 4.57 Å². The van der Waals surface area contributed by atoms with Crippen LogP contribution in [0.5, 0.6) is 0 Å². The van der Waals surface area contributed by atoms with E-state index < -0.39 is 0 Å². The van der Waals surface area contributed by atoms with Gasteiger partial charge in [-0.25, -0.2) is 15.0 Å². The Balaban J connectivity index is 1.43. The lowest BCUT2D eigenvalue weighted by Gasteiger charge is -2.40. The fourth-order valence-electron chi connectivity index (χ4n) is 5.01. The minimum Gasteiger partial charge on any atom is -0.334 e. The van der Waals surface area contributed by atoms with Gasteiger partial charge in [-0.2, -0.15) is 0 Å². The maximum absolute atomic E-state index is 5.11. The number of rotatable bonds is 4. The summed E-state index contributed by atoms with van der Waals surface area (Å²) in [5.41, 5.74) is 3.91. The number of hydrogen-bond donors (Lipinski definition) is 0. The maximum Gasteiger partial charge on any atom is 0.159 e. The molecule has 2 aromatic heterocycles. The van der Waals surface area contributed by atoms with Crippen LogP contribution in [0, 0.1) is 0 Å². The average Bonchev–Trinajstić information content (AvgIpc) is 3.33. The van der Waals surface area contributed by atoms with Gasteiger partial charge in [-0.05, 0) is 44.7 Å². The zero-order valence-corrected chi connectivity index (χ0v) is 16.5. The summed E-state index contributed by atoms with van der Waals surface area (Å²) in [5.74, 6) is 2.03. The van der Waals surface area contributed by atoms with E-state index in [1.165, 1.54) is 36.3 Å². The zero-order chi connectivity index (χ0) is 19.0. The Kier molecular flexibility index (Phi) is 4.47. The second-order valence-electron chi connectivity index (χ2n) is 8.16. The Labute approximate surface area is 166 Å². The molecule has 3 heterocycles. The second kappa shape index (κ2) is 7.13. The summed E-state index contributed by atoms with van der Waals surface area (Å²) in [5, 5.41) is 0. The van der Waals surface area contributed by atoms with E-state index in [0.29, 0.717) is 0 Å². The highest BCUT2D eigenvalue weighted by Crippen LogP contribution is 2.44. The lowest BCUT2D eigenvalue weighted by atomic mass is 9.77. The van der Waals surface area contributed by atoms with Crippen molar-refractivity contribution in [3.8, 4) is 11.4 Å². The van der Waals surface area contributed by atoms with E-state index in [0.717, 1.165) is 44.0 Å². The lowest BCUT2D eigenvalue weighted by molar-refractivity contribution is 0.132. The summed E-state index contributed by atoms with van der Waals surface area (Å²) in [7, 11) is 0. The van der Waals surface area contributed by atoms with Crippen LogP contribution in [0.4, 0.5) is 0 Å². The molecule has 1 aliphatic heterocycles. The molecule has 5 rings (SSSR count). The highest BCUT2D eigenvalue weighted by Gasteiger charge is 2.43. The molecular formula is C23H27N5. The summed E-state index contributed by atoms with van der Waals surface area (Å²) in [6, 6.07) is 10.3. The first-order chi connectivity index (χ1) is 13.8. The van der Waals surface area contributed by atoms with Crippen LogP contribution in [0.3, 0.4) is 0 Å². The number of nitrogens with zero attached hydrogens (tertiary/aromatic N) is 5. The molecule has 1 saturated heterocycles. The first-order valence-electron chi connectivity index (χ1n) is 10.4. The van der Waals surface area contributed by atoms with Crippen molar-refractivity contribution in [2.24, 2.45) is 0 Å². The molecule has 0 bridgehead atoms. The highest BCUT2D eigenvalue weighted by atomic mass is 15.2. The van der Waals surface area contributed by atoms with Crippen LogP contribution in [-0.4, -0.2) is 37.5 Å². The maximum atomic E-state index is 5.11. The van der Waals surface area contributed by atoms with Gasteiger partial charge in [-0.15, -0.1) is 0 Å². The van der Waals surface area contributed by atoms with E-state index in [4.69, 9.17) is 4.98 Å². The molecule has 0 N–H and O–H groups in total. The quantitative estimate of drug-likeness (QED) is 0.697. The average molecular weight is 374 g/mol. The van der Waals surface area contributed by atoms with Crippen molar-refractivity contribution in [3.63, 3.8) is 0 Å². The standard InChI is InChI=1S/C23H27N5/c1-2-28-14-12-24-20(28)16-27-13-6-10-23(17-27)11-9-19-15-25-22(26-21(19)23)18-7-4-3-5-8-18/h3-5,7-8,12,14-15H,2,6,9-11,13,16-17H2,1H3. The smallest absolute Gasteiger partial charge is 0.159 e. The van der Waals surface area contributed by atoms with Gasteiger partial charge in [0, 0.05) is 42.7 Å². The molecule has 3 aromatic rings. The van der Waals surface area contributed by atoms with Gasteiger partial charge in [0.1, 0.15) is 5.82 Å². The molecule has 0 saturated carbocycles. The van der Waals surface area contributed by atoms with Crippen molar-refractivity contribution >= 4 is 0 Å². The number of likely N-dealkylation sites (tertiary alicyclic amines) is 1. The minimum atomic E-state index is 0.170. The Bertz CT molecular complexity index is 960. The van der Waals surface area contributed by atoms with Crippen molar-refractivity contribution in [3.05, 3.63) is 66.0 Å². The second-order valence-corrected chi connectivity index (χ2v) is 8.16. The molecule has 0 amide bonds. The Morgan fingerprint density at radius 2 is 2.00 bits per heavy atom. The summed E-state index contributed by atoms with van der Waals surface area (Å²) in [6.07, 6.45) is 10.8. The molecule has 1 spiro atoms. The third kappa shape index (κ3) is 3.04. The number of imidazole rings is 1. The third-order valence-corrected chi connectivity index (χ3v) is 6.44. The molecule has 1 aromatic carbocycles. The number of benzene rings is 1. The number of piperidine rings is 1. The fraction of sp³-hybridized carbons (Fsp3) is 0.435. The Morgan fingerprint density at radius 1 is 1.11 bits per heavy atom. The first-order valence-corrected chi connectivity index (χ1v) is 10.4. The number of aromatic nitrogens is 4. The van der Waals surface area contributed by atoms with E-state index >= 15 is 0 Å². The topological polar surface area (TPSA) is 46.8 Å². The molecule has 5 heteroatoms. The van der Waals surface area contributed by atoms with E-state index in [1.54, 1.807) is 0 Å². The molecule has 1 fully saturated rings. The van der Waals surface area contributed by atoms with Crippen LogP contribution in [0.15, 0.2) is 48.9 Å². The molecule has 5 nitrogen and oxygen atoms in total. The molecule has 144 valence electrons. The molecule has 28 heavy (non-hydrogen) atoms. The van der Waals surface area contributed by atoms with Crippen molar-refractivity contribution in [2.75, 3.05) is 13.1 Å². The molecule has 0 radical (unpaired) electrons. The summed E-state index contributed by atoms with van der Waals surface area (Å²) in [4.78, 5) is 16.9. The summed E-state index contributed by atoms with van der Waals surface area (Å²) in [6.45, 7) is 6.30. The van der Waals surface area contributed by atoms with Gasteiger partial charge in [-0.1, -0.05) is 30.3 Å². The molecule has 1 aliphatic carbocycles. The fourth-order valence-corrected chi connectivity index (χ4v) is 5.01. The van der Waals surface area contributed by atoms with Crippen LogP contribution in [0.2, 0.25) is 0 Å². The predicted molar refractivity (Wildman–Crippen MR) is 110 cm³/mol. The van der Waals surface area contributed by atoms with Crippen LogP contribution >= 0.6 is 0 Å². The Morgan fingerprint density at radius 3 is 2.86 bits per heavy atom. The van der Waals surface area contributed by atoms with E-state index in [1.807, 2.05) is 12.3 Å². The van der Waals surface area contributed by atoms with Crippen molar-refractivity contribution < 1.29 is 0 Å².